The van der Waals surface area contributed by atoms with E-state index in [9.17, 15) is 0 Å². The lowest BCUT2D eigenvalue weighted by molar-refractivity contribution is 0.0591. The zero-order valence-corrected chi connectivity index (χ0v) is 13.7. The molecule has 1 N–H and O–H groups in total. The van der Waals surface area contributed by atoms with Crippen LogP contribution in [0.15, 0.2) is 0 Å². The minimum absolute atomic E-state index is 0.710. The van der Waals surface area contributed by atoms with Gasteiger partial charge in [0.2, 0.25) is 0 Å². The van der Waals surface area contributed by atoms with Gasteiger partial charge in [-0.25, -0.2) is 0 Å². The van der Waals surface area contributed by atoms with E-state index in [4.69, 9.17) is 0 Å². The Labute approximate surface area is 118 Å². The molecule has 1 aliphatic heterocycles. The number of hydrogen-bond donors (Lipinski definition) is 1. The molecule has 0 spiro atoms. The van der Waals surface area contributed by atoms with E-state index in [1.165, 1.54) is 38.1 Å². The van der Waals surface area contributed by atoms with Gasteiger partial charge in [0, 0.05) is 31.2 Å². The number of nitrogens with one attached hydrogen (secondary N) is 1. The summed E-state index contributed by atoms with van der Waals surface area (Å²) in [5.41, 5.74) is 0. The second-order valence-corrected chi connectivity index (χ2v) is 7.02. The second-order valence-electron chi connectivity index (χ2n) is 6.03. The minimum Gasteiger partial charge on any atom is -0.311 e. The molecule has 1 fully saturated rings. The van der Waals surface area contributed by atoms with Crippen LogP contribution in [0, 0.1) is 5.92 Å². The number of thioether (sulfide) groups is 1. The Balaban J connectivity index is 2.59. The maximum Gasteiger partial charge on any atom is 0.0247 e. The van der Waals surface area contributed by atoms with E-state index in [0.717, 1.165) is 18.0 Å². The van der Waals surface area contributed by atoms with Crippen LogP contribution in [0.4, 0.5) is 0 Å². The maximum absolute atomic E-state index is 3.75. The number of hydrogen-bond acceptors (Lipinski definition) is 3. The molecule has 0 aromatic carbocycles. The first-order chi connectivity index (χ1) is 8.60. The lowest BCUT2D eigenvalue weighted by atomic mass is 9.95. The first kappa shape index (κ1) is 16.3. The average molecular weight is 273 g/mol. The molecule has 0 aromatic heterocycles. The van der Waals surface area contributed by atoms with Gasteiger partial charge in [-0.15, -0.1) is 0 Å². The summed E-state index contributed by atoms with van der Waals surface area (Å²) in [6, 6.07) is 2.16. The van der Waals surface area contributed by atoms with Crippen molar-refractivity contribution in [3.8, 4) is 0 Å². The van der Waals surface area contributed by atoms with Gasteiger partial charge in [0.05, 0.1) is 0 Å². The molecule has 1 rings (SSSR count). The highest BCUT2D eigenvalue weighted by molar-refractivity contribution is 7.98. The molecular formula is C15H32N2S. The smallest absolute Gasteiger partial charge is 0.0247 e. The van der Waals surface area contributed by atoms with Gasteiger partial charge in [-0.05, 0) is 37.7 Å². The van der Waals surface area contributed by atoms with E-state index < -0.39 is 0 Å². The predicted octanol–water partition coefficient (Wildman–Crippen LogP) is 3.23. The van der Waals surface area contributed by atoms with Crippen LogP contribution in [0.2, 0.25) is 0 Å². The summed E-state index contributed by atoms with van der Waals surface area (Å²) in [5, 5.41) is 3.75. The van der Waals surface area contributed by atoms with E-state index >= 15 is 0 Å². The summed E-state index contributed by atoms with van der Waals surface area (Å²) >= 11 is 1.97. The van der Waals surface area contributed by atoms with Crippen LogP contribution in [0.25, 0.3) is 0 Å². The fraction of sp³-hybridized carbons (Fsp3) is 1.00. The van der Waals surface area contributed by atoms with Crippen molar-refractivity contribution in [1.29, 1.82) is 0 Å². The van der Waals surface area contributed by atoms with Crippen molar-refractivity contribution in [1.82, 2.24) is 10.2 Å². The zero-order valence-electron chi connectivity index (χ0n) is 12.9. The van der Waals surface area contributed by atoms with Gasteiger partial charge in [0.15, 0.2) is 0 Å². The van der Waals surface area contributed by atoms with E-state index in [2.05, 4.69) is 44.2 Å². The molecule has 0 aliphatic carbocycles. The van der Waals surface area contributed by atoms with Crippen LogP contribution in [-0.2, 0) is 0 Å². The first-order valence-electron chi connectivity index (χ1n) is 7.58. The van der Waals surface area contributed by atoms with Crippen molar-refractivity contribution >= 4 is 11.8 Å². The Bertz CT molecular complexity index is 221. The molecule has 1 saturated heterocycles. The molecule has 3 unspecified atom stereocenters. The Morgan fingerprint density at radius 1 is 1.33 bits per heavy atom. The van der Waals surface area contributed by atoms with Crippen LogP contribution in [-0.4, -0.2) is 48.1 Å². The Hall–Kier alpha value is 0.270. The Morgan fingerprint density at radius 3 is 2.61 bits per heavy atom. The molecule has 3 atom stereocenters. The molecule has 0 bridgehead atoms. The highest BCUT2D eigenvalue weighted by Crippen LogP contribution is 2.21. The van der Waals surface area contributed by atoms with Crippen LogP contribution in [0.3, 0.4) is 0 Å². The lowest BCUT2D eigenvalue weighted by Gasteiger charge is -2.45. The predicted molar refractivity (Wildman–Crippen MR) is 84.5 cm³/mol. The van der Waals surface area contributed by atoms with Gasteiger partial charge in [-0.1, -0.05) is 27.2 Å². The normalized spacial score (nSPS) is 27.7. The van der Waals surface area contributed by atoms with Crippen LogP contribution in [0.1, 0.15) is 47.0 Å². The molecule has 0 aromatic rings. The molecule has 0 amide bonds. The van der Waals surface area contributed by atoms with E-state index in [0.29, 0.717) is 6.04 Å². The number of piperazine rings is 1. The molecule has 1 aliphatic rings. The summed E-state index contributed by atoms with van der Waals surface area (Å²) in [6.07, 6.45) is 6.14. The van der Waals surface area contributed by atoms with Crippen LogP contribution < -0.4 is 5.32 Å². The van der Waals surface area contributed by atoms with Gasteiger partial charge in [0.1, 0.15) is 0 Å². The van der Waals surface area contributed by atoms with Crippen molar-refractivity contribution in [2.45, 2.75) is 65.1 Å². The van der Waals surface area contributed by atoms with E-state index in [1.807, 2.05) is 11.8 Å². The molecule has 2 nitrogen and oxygen atoms in total. The van der Waals surface area contributed by atoms with Crippen molar-refractivity contribution in [3.05, 3.63) is 0 Å². The molecular weight excluding hydrogens is 240 g/mol. The molecule has 18 heavy (non-hydrogen) atoms. The van der Waals surface area contributed by atoms with Gasteiger partial charge < -0.3 is 5.32 Å². The van der Waals surface area contributed by atoms with Crippen molar-refractivity contribution in [2.75, 3.05) is 25.1 Å². The van der Waals surface area contributed by atoms with Crippen molar-refractivity contribution < 1.29 is 0 Å². The van der Waals surface area contributed by atoms with Gasteiger partial charge in [-0.3, -0.25) is 4.90 Å². The summed E-state index contributed by atoms with van der Waals surface area (Å²) in [4.78, 5) is 2.78. The summed E-state index contributed by atoms with van der Waals surface area (Å²) in [7, 11) is 0. The summed E-state index contributed by atoms with van der Waals surface area (Å²) in [6.45, 7) is 11.8. The average Bonchev–Trinajstić information content (AvgIpc) is 2.36. The zero-order chi connectivity index (χ0) is 13.5. The van der Waals surface area contributed by atoms with Gasteiger partial charge in [-0.2, -0.15) is 11.8 Å². The topological polar surface area (TPSA) is 15.3 Å². The SMILES string of the molecule is CCCC1CN(C(C)CCSC)C(C(C)C)CN1. The largest absolute Gasteiger partial charge is 0.311 e. The third kappa shape index (κ3) is 4.75. The molecule has 0 radical (unpaired) electrons. The fourth-order valence-corrected chi connectivity index (χ4v) is 3.56. The standard InChI is InChI=1S/C15H32N2S/c1-6-7-14-11-17(13(4)8-9-18-5)15(10-16-14)12(2)3/h12-16H,6-11H2,1-5H3. The molecule has 0 saturated carbocycles. The third-order valence-electron chi connectivity index (χ3n) is 4.19. The lowest BCUT2D eigenvalue weighted by Crippen LogP contribution is -2.60. The molecule has 1 heterocycles. The van der Waals surface area contributed by atoms with Gasteiger partial charge in [0.25, 0.3) is 0 Å². The number of nitrogens with zero attached hydrogens (tertiary/aromatic N) is 1. The molecule has 3 heteroatoms. The maximum atomic E-state index is 3.75. The minimum atomic E-state index is 0.710. The van der Waals surface area contributed by atoms with Crippen LogP contribution >= 0.6 is 11.8 Å². The van der Waals surface area contributed by atoms with E-state index in [1.54, 1.807) is 0 Å². The summed E-state index contributed by atoms with van der Waals surface area (Å²) in [5.74, 6) is 2.03. The molecule has 108 valence electrons. The first-order valence-corrected chi connectivity index (χ1v) is 8.97. The van der Waals surface area contributed by atoms with E-state index in [-0.39, 0.29) is 0 Å². The van der Waals surface area contributed by atoms with Crippen molar-refractivity contribution in [3.63, 3.8) is 0 Å². The monoisotopic (exact) mass is 272 g/mol. The van der Waals surface area contributed by atoms with Gasteiger partial charge >= 0.3 is 0 Å². The Morgan fingerprint density at radius 2 is 2.06 bits per heavy atom. The second kappa shape index (κ2) is 8.44. The van der Waals surface area contributed by atoms with Crippen LogP contribution in [0.5, 0.6) is 0 Å². The number of rotatable bonds is 7. The quantitative estimate of drug-likeness (QED) is 0.766. The highest BCUT2D eigenvalue weighted by atomic mass is 32.2. The Kier molecular flexibility index (Phi) is 7.66. The van der Waals surface area contributed by atoms with Crippen molar-refractivity contribution in [2.24, 2.45) is 5.92 Å². The summed E-state index contributed by atoms with van der Waals surface area (Å²) < 4.78 is 0. The fourth-order valence-electron chi connectivity index (χ4n) is 2.98. The highest BCUT2D eigenvalue weighted by Gasteiger charge is 2.31. The third-order valence-corrected chi connectivity index (χ3v) is 4.83.